The number of carbonyl (C=O) groups excluding carboxylic acids is 1. The first kappa shape index (κ1) is 28.1. The molecule has 2 N–H and O–H groups in total. The number of halogens is 1. The average Bonchev–Trinajstić information content (AvgIpc) is 3.38. The lowest BCUT2D eigenvalue weighted by Crippen LogP contribution is -2.51. The van der Waals surface area contributed by atoms with Gasteiger partial charge in [-0.25, -0.2) is 13.4 Å². The smallest absolute Gasteiger partial charge is 0.306 e. The Kier molecular flexibility index (Phi) is 8.16. The number of aromatic amines is 1. The summed E-state index contributed by atoms with van der Waals surface area (Å²) < 4.78 is 27.6. The molecular weight excluding hydrogens is 554 g/mol. The van der Waals surface area contributed by atoms with E-state index in [-0.39, 0.29) is 36.5 Å². The zero-order valence-corrected chi connectivity index (χ0v) is 23.8. The molecule has 212 valence electrons. The summed E-state index contributed by atoms with van der Waals surface area (Å²) in [6.45, 7) is 4.04. The second-order valence-corrected chi connectivity index (χ2v) is 12.5. The van der Waals surface area contributed by atoms with E-state index in [1.807, 2.05) is 31.2 Å². The van der Waals surface area contributed by atoms with Gasteiger partial charge in [0.25, 0.3) is 10.0 Å². The number of H-pyrrole nitrogens is 1. The predicted octanol–water partition coefficient (Wildman–Crippen LogP) is 4.09. The van der Waals surface area contributed by atoms with Crippen molar-refractivity contribution in [2.75, 3.05) is 32.7 Å². The van der Waals surface area contributed by atoms with Crippen molar-refractivity contribution < 1.29 is 23.1 Å². The fourth-order valence-electron chi connectivity index (χ4n) is 5.22. The Balaban J connectivity index is 1.19. The molecule has 0 unspecified atom stereocenters. The van der Waals surface area contributed by atoms with Crippen molar-refractivity contribution in [3.63, 3.8) is 0 Å². The number of carbonyl (C=O) groups is 2. The lowest BCUT2D eigenvalue weighted by Gasteiger charge is -2.33. The molecule has 1 amide bonds. The van der Waals surface area contributed by atoms with E-state index >= 15 is 0 Å². The summed E-state index contributed by atoms with van der Waals surface area (Å²) in [6, 6.07) is 14.3. The van der Waals surface area contributed by atoms with Gasteiger partial charge in [-0.1, -0.05) is 30.7 Å². The van der Waals surface area contributed by atoms with Crippen molar-refractivity contribution in [3.05, 3.63) is 59.1 Å². The number of hydrogen-bond acceptors (Lipinski definition) is 5. The maximum Gasteiger partial charge on any atom is 0.306 e. The fourth-order valence-corrected chi connectivity index (χ4v) is 6.79. The van der Waals surface area contributed by atoms with Gasteiger partial charge in [-0.15, -0.1) is 0 Å². The van der Waals surface area contributed by atoms with E-state index in [9.17, 15) is 23.1 Å². The van der Waals surface area contributed by atoms with Gasteiger partial charge in [-0.3, -0.25) is 9.59 Å². The van der Waals surface area contributed by atoms with Crippen LogP contribution in [0.1, 0.15) is 31.7 Å². The molecule has 1 aromatic heterocycles. The molecule has 0 atom stereocenters. The number of rotatable bonds is 7. The highest BCUT2D eigenvalue weighted by molar-refractivity contribution is 7.89. The number of carboxylic acid groups (broad SMARTS) is 1. The topological polar surface area (TPSA) is 126 Å². The molecule has 10 nitrogen and oxygen atoms in total. The third kappa shape index (κ3) is 6.01. The number of nitrogens with one attached hydrogen (secondary N) is 1. The number of sulfonamides is 1. The Morgan fingerprint density at radius 2 is 1.80 bits per heavy atom. The fraction of sp³-hybridized carbons (Fsp3) is 0.393. The minimum absolute atomic E-state index is 0.0415. The number of aliphatic imine (C=N–C) groups is 1. The third-order valence-electron chi connectivity index (χ3n) is 7.55. The van der Waals surface area contributed by atoms with Crippen LogP contribution in [-0.4, -0.2) is 83.0 Å². The van der Waals surface area contributed by atoms with Crippen LogP contribution in [0, 0.1) is 5.92 Å². The minimum atomic E-state index is -3.86. The monoisotopic (exact) mass is 585 g/mol. The first-order valence-electron chi connectivity index (χ1n) is 13.3. The molecule has 12 heteroatoms. The van der Waals surface area contributed by atoms with Gasteiger partial charge in [-0.05, 0) is 54.8 Å². The van der Waals surface area contributed by atoms with Gasteiger partial charge in [0.1, 0.15) is 10.9 Å². The number of amides is 1. The molecule has 2 aliphatic rings. The molecule has 0 radical (unpaired) electrons. The van der Waals surface area contributed by atoms with Crippen molar-refractivity contribution in [1.82, 2.24) is 19.1 Å². The van der Waals surface area contributed by atoms with E-state index < -0.39 is 16.0 Å². The summed E-state index contributed by atoms with van der Waals surface area (Å²) in [4.78, 5) is 35.7. The molecule has 40 heavy (non-hydrogen) atoms. The number of piperidine rings is 1. The quantitative estimate of drug-likeness (QED) is 0.318. The summed E-state index contributed by atoms with van der Waals surface area (Å²) in [6.07, 6.45) is 1.98. The van der Waals surface area contributed by atoms with Gasteiger partial charge in [0.2, 0.25) is 5.91 Å². The number of likely N-dealkylation sites (tertiary alicyclic amines) is 1. The van der Waals surface area contributed by atoms with Gasteiger partial charge >= 0.3 is 5.97 Å². The maximum absolute atomic E-state index is 13.2. The highest BCUT2D eigenvalue weighted by atomic mass is 35.5. The van der Waals surface area contributed by atoms with Crippen LogP contribution in [0.5, 0.6) is 0 Å². The SMILES string of the molecule is CCC(=Nc1ccc(CN2CCN(S(=O)(=O)c3cc4cc(Cl)ccc4[nH]3)CC2=O)cc1)N1CCC(C(=O)O)CC1. The van der Waals surface area contributed by atoms with Crippen molar-refractivity contribution in [2.45, 2.75) is 37.8 Å². The molecule has 5 rings (SSSR count). The van der Waals surface area contributed by atoms with Gasteiger partial charge in [0.15, 0.2) is 0 Å². The first-order chi connectivity index (χ1) is 19.1. The summed E-state index contributed by atoms with van der Waals surface area (Å²) in [5.74, 6) is -0.338. The molecular formula is C28H32ClN5O5S. The maximum atomic E-state index is 13.2. The van der Waals surface area contributed by atoms with E-state index in [1.54, 1.807) is 29.2 Å². The van der Waals surface area contributed by atoms with Crippen LogP contribution in [0.2, 0.25) is 5.02 Å². The van der Waals surface area contributed by atoms with Crippen molar-refractivity contribution in [1.29, 1.82) is 0 Å². The van der Waals surface area contributed by atoms with E-state index in [0.717, 1.165) is 23.5 Å². The third-order valence-corrected chi connectivity index (χ3v) is 9.56. The Hall–Kier alpha value is -3.41. The summed E-state index contributed by atoms with van der Waals surface area (Å²) in [7, 11) is -3.86. The van der Waals surface area contributed by atoms with Crippen LogP contribution < -0.4 is 0 Å². The van der Waals surface area contributed by atoms with Gasteiger partial charge < -0.3 is 19.9 Å². The van der Waals surface area contributed by atoms with Gasteiger partial charge in [-0.2, -0.15) is 4.31 Å². The highest BCUT2D eigenvalue weighted by Gasteiger charge is 2.34. The van der Waals surface area contributed by atoms with Crippen molar-refractivity contribution in [3.8, 4) is 0 Å². The lowest BCUT2D eigenvalue weighted by atomic mass is 9.97. The van der Waals surface area contributed by atoms with Crippen molar-refractivity contribution in [2.24, 2.45) is 10.9 Å². The number of benzene rings is 2. The summed E-state index contributed by atoms with van der Waals surface area (Å²) in [5.41, 5.74) is 2.38. The average molecular weight is 586 g/mol. The molecule has 0 bridgehead atoms. The van der Waals surface area contributed by atoms with E-state index in [2.05, 4.69) is 9.88 Å². The highest BCUT2D eigenvalue weighted by Crippen LogP contribution is 2.26. The molecule has 0 aliphatic carbocycles. The minimum Gasteiger partial charge on any atom is -0.481 e. The number of carboxylic acids is 1. The molecule has 2 aromatic carbocycles. The number of amidine groups is 1. The number of nitrogens with zero attached hydrogens (tertiary/aromatic N) is 4. The predicted molar refractivity (Wildman–Crippen MR) is 153 cm³/mol. The molecule has 0 spiro atoms. The lowest BCUT2D eigenvalue weighted by molar-refractivity contribution is -0.143. The zero-order valence-electron chi connectivity index (χ0n) is 22.2. The zero-order chi connectivity index (χ0) is 28.4. The van der Waals surface area contributed by atoms with Crippen LogP contribution in [-0.2, 0) is 26.2 Å². The van der Waals surface area contributed by atoms with Gasteiger partial charge in [0.05, 0.1) is 18.2 Å². The largest absolute Gasteiger partial charge is 0.481 e. The summed E-state index contributed by atoms with van der Waals surface area (Å²) in [5, 5.41) is 10.5. The number of piperazine rings is 1. The van der Waals surface area contributed by atoms with E-state index in [4.69, 9.17) is 16.6 Å². The molecule has 2 saturated heterocycles. The van der Waals surface area contributed by atoms with Crippen LogP contribution in [0.25, 0.3) is 10.9 Å². The molecule has 3 aromatic rings. The normalized spacial score (nSPS) is 18.1. The summed E-state index contributed by atoms with van der Waals surface area (Å²) >= 11 is 6.03. The van der Waals surface area contributed by atoms with Crippen LogP contribution in [0.4, 0.5) is 5.69 Å². The second kappa shape index (κ2) is 11.6. The number of aromatic nitrogens is 1. The van der Waals surface area contributed by atoms with Crippen LogP contribution in [0.3, 0.4) is 0 Å². The van der Waals surface area contributed by atoms with Gasteiger partial charge in [0, 0.05) is 55.1 Å². The molecule has 2 aliphatic heterocycles. The second-order valence-electron chi connectivity index (χ2n) is 10.2. The Morgan fingerprint density at radius 1 is 1.07 bits per heavy atom. The molecule has 0 saturated carbocycles. The van der Waals surface area contributed by atoms with Crippen LogP contribution in [0.15, 0.2) is 58.5 Å². The van der Waals surface area contributed by atoms with E-state index in [0.29, 0.717) is 48.4 Å². The first-order valence-corrected chi connectivity index (χ1v) is 15.2. The van der Waals surface area contributed by atoms with Crippen molar-refractivity contribution >= 4 is 55.9 Å². The number of aliphatic carboxylic acids is 1. The number of hydrogen-bond donors (Lipinski definition) is 2. The van der Waals surface area contributed by atoms with Crippen LogP contribution >= 0.6 is 11.6 Å². The Bertz CT molecular complexity index is 1540. The Morgan fingerprint density at radius 3 is 2.45 bits per heavy atom. The molecule has 2 fully saturated rings. The molecule has 3 heterocycles. The number of fused-ring (bicyclic) bond motifs is 1. The standard InChI is InChI=1S/C28H32ClN5O5S/c1-2-25(32-11-9-20(10-12-32)28(36)37)30-23-6-3-19(4-7-23)17-33-13-14-34(18-27(33)35)40(38,39)26-16-21-15-22(29)5-8-24(21)31-26/h3-8,15-16,20,31H,2,9-14,17-18H2,1H3,(H,36,37). The van der Waals surface area contributed by atoms with E-state index in [1.165, 1.54) is 4.31 Å². The Labute approximate surface area is 238 Å².